The molecule has 0 aliphatic carbocycles. The largest absolute Gasteiger partial charge is 0.367 e. The van der Waals surface area contributed by atoms with Crippen LogP contribution in [0.25, 0.3) is 32.0 Å². The van der Waals surface area contributed by atoms with Crippen molar-refractivity contribution in [3.05, 3.63) is 36.4 Å². The molecule has 8 heteroatoms. The van der Waals surface area contributed by atoms with Gasteiger partial charge in [0.15, 0.2) is 5.82 Å². The van der Waals surface area contributed by atoms with Gasteiger partial charge in [0.25, 0.3) is 0 Å². The number of rotatable bonds is 5. The number of aryl methyl sites for hydroxylation is 1. The number of hydrogen-bond acceptors (Lipinski definition) is 6. The first-order chi connectivity index (χ1) is 13.7. The molecule has 1 aromatic carbocycles. The SMILES string of the molecule is Cn1cnc2c(NCCN3CCCC3)nc3sc(-c4ccc(F)cc4)nc3c21. The molecular weight excluding hydrogens is 375 g/mol. The van der Waals surface area contributed by atoms with Gasteiger partial charge in [0.05, 0.1) is 6.33 Å². The monoisotopic (exact) mass is 396 g/mol. The molecule has 1 N–H and O–H groups in total. The van der Waals surface area contributed by atoms with Crippen LogP contribution in [-0.4, -0.2) is 50.6 Å². The maximum Gasteiger partial charge on any atom is 0.156 e. The van der Waals surface area contributed by atoms with E-state index in [1.807, 2.05) is 11.6 Å². The predicted octanol–water partition coefficient (Wildman–Crippen LogP) is 3.89. The Hall–Kier alpha value is -2.58. The molecule has 1 saturated heterocycles. The number of pyridine rings is 1. The van der Waals surface area contributed by atoms with Gasteiger partial charge in [0.1, 0.15) is 32.2 Å². The number of nitrogens with one attached hydrogen (secondary N) is 1. The predicted molar refractivity (Wildman–Crippen MR) is 111 cm³/mol. The molecule has 0 amide bonds. The van der Waals surface area contributed by atoms with E-state index in [0.29, 0.717) is 0 Å². The quantitative estimate of drug-likeness (QED) is 0.555. The van der Waals surface area contributed by atoms with E-state index < -0.39 is 0 Å². The number of fused-ring (bicyclic) bond motifs is 3. The summed E-state index contributed by atoms with van der Waals surface area (Å²) in [5.41, 5.74) is 3.54. The molecule has 0 spiro atoms. The van der Waals surface area contributed by atoms with E-state index in [2.05, 4.69) is 15.2 Å². The normalized spacial score (nSPS) is 15.1. The van der Waals surface area contributed by atoms with Crippen molar-refractivity contribution >= 4 is 38.5 Å². The van der Waals surface area contributed by atoms with E-state index in [4.69, 9.17) is 9.97 Å². The summed E-state index contributed by atoms with van der Waals surface area (Å²) in [6.45, 7) is 4.22. The average Bonchev–Trinajstić information content (AvgIpc) is 3.42. The summed E-state index contributed by atoms with van der Waals surface area (Å²) >= 11 is 1.52. The van der Waals surface area contributed by atoms with Crippen LogP contribution in [0.3, 0.4) is 0 Å². The van der Waals surface area contributed by atoms with Gasteiger partial charge in [-0.3, -0.25) is 0 Å². The van der Waals surface area contributed by atoms with E-state index in [0.717, 1.165) is 50.9 Å². The Morgan fingerprint density at radius 2 is 1.89 bits per heavy atom. The third kappa shape index (κ3) is 3.12. The first-order valence-corrected chi connectivity index (χ1v) is 10.3. The maximum atomic E-state index is 13.3. The molecule has 0 saturated carbocycles. The first kappa shape index (κ1) is 17.5. The van der Waals surface area contributed by atoms with Gasteiger partial charge < -0.3 is 14.8 Å². The van der Waals surface area contributed by atoms with Gasteiger partial charge in [0, 0.05) is 25.7 Å². The molecule has 4 heterocycles. The van der Waals surface area contributed by atoms with Crippen LogP contribution in [0.1, 0.15) is 12.8 Å². The summed E-state index contributed by atoms with van der Waals surface area (Å²) in [5, 5.41) is 4.31. The Labute approximate surface area is 166 Å². The highest BCUT2D eigenvalue weighted by molar-refractivity contribution is 7.21. The summed E-state index contributed by atoms with van der Waals surface area (Å²) in [6.07, 6.45) is 4.39. The van der Waals surface area contributed by atoms with Gasteiger partial charge >= 0.3 is 0 Å². The fourth-order valence-corrected chi connectivity index (χ4v) is 4.71. The number of likely N-dealkylation sites (tertiary alicyclic amines) is 1. The lowest BCUT2D eigenvalue weighted by Gasteiger charge is -2.15. The summed E-state index contributed by atoms with van der Waals surface area (Å²) in [4.78, 5) is 17.5. The number of nitrogens with zero attached hydrogens (tertiary/aromatic N) is 5. The fraction of sp³-hybridized carbons (Fsp3) is 0.350. The minimum Gasteiger partial charge on any atom is -0.367 e. The Kier molecular flexibility index (Phi) is 4.44. The highest BCUT2D eigenvalue weighted by atomic mass is 32.1. The number of thiazole rings is 1. The maximum absolute atomic E-state index is 13.3. The summed E-state index contributed by atoms with van der Waals surface area (Å²) in [7, 11) is 1.97. The molecular formula is C20H21FN6S. The number of hydrogen-bond donors (Lipinski definition) is 1. The van der Waals surface area contributed by atoms with Crippen molar-refractivity contribution in [2.45, 2.75) is 12.8 Å². The molecule has 0 radical (unpaired) electrons. The van der Waals surface area contributed by atoms with E-state index in [-0.39, 0.29) is 5.82 Å². The molecule has 28 heavy (non-hydrogen) atoms. The Morgan fingerprint density at radius 1 is 1.11 bits per heavy atom. The van der Waals surface area contributed by atoms with Crippen LogP contribution >= 0.6 is 11.3 Å². The van der Waals surface area contributed by atoms with Gasteiger partial charge in [-0.05, 0) is 50.2 Å². The summed E-state index contributed by atoms with van der Waals surface area (Å²) in [6, 6.07) is 6.42. The lowest BCUT2D eigenvalue weighted by atomic mass is 10.2. The van der Waals surface area contributed by atoms with Crippen molar-refractivity contribution in [3.8, 4) is 10.6 Å². The number of aromatic nitrogens is 4. The summed E-state index contributed by atoms with van der Waals surface area (Å²) in [5.74, 6) is 0.554. The van der Waals surface area contributed by atoms with Crippen molar-refractivity contribution in [1.29, 1.82) is 0 Å². The number of benzene rings is 1. The van der Waals surface area contributed by atoms with Crippen LogP contribution in [0.4, 0.5) is 10.2 Å². The molecule has 3 aromatic heterocycles. The van der Waals surface area contributed by atoms with E-state index in [1.54, 1.807) is 18.5 Å². The second kappa shape index (κ2) is 7.10. The smallest absolute Gasteiger partial charge is 0.156 e. The van der Waals surface area contributed by atoms with Crippen LogP contribution < -0.4 is 5.32 Å². The zero-order chi connectivity index (χ0) is 19.1. The number of imidazole rings is 1. The van der Waals surface area contributed by atoms with Crippen LogP contribution in [0, 0.1) is 5.82 Å². The zero-order valence-electron chi connectivity index (χ0n) is 15.7. The van der Waals surface area contributed by atoms with Gasteiger partial charge in [-0.15, -0.1) is 0 Å². The van der Waals surface area contributed by atoms with E-state index in [9.17, 15) is 4.39 Å². The standard InChI is InChI=1S/C20H21FN6S/c1-26-12-23-15-17(26)16-20(25-18(15)22-8-11-27-9-2-3-10-27)28-19(24-16)13-4-6-14(21)7-5-13/h4-7,12H,2-3,8-11H2,1H3,(H,22,25). The van der Waals surface area contributed by atoms with Crippen LogP contribution in [0.5, 0.6) is 0 Å². The average molecular weight is 396 g/mol. The van der Waals surface area contributed by atoms with E-state index in [1.165, 1.54) is 49.4 Å². The second-order valence-corrected chi connectivity index (χ2v) is 8.15. The molecule has 0 atom stereocenters. The minimum absolute atomic E-state index is 0.249. The Balaban J connectivity index is 1.52. The van der Waals surface area contributed by atoms with Gasteiger partial charge in [-0.1, -0.05) is 11.3 Å². The third-order valence-corrected chi connectivity index (χ3v) is 6.22. The molecule has 0 unspecified atom stereocenters. The van der Waals surface area contributed by atoms with Crippen LogP contribution in [0.15, 0.2) is 30.6 Å². The third-order valence-electron chi connectivity index (χ3n) is 5.22. The summed E-state index contributed by atoms with van der Waals surface area (Å²) < 4.78 is 15.2. The first-order valence-electron chi connectivity index (χ1n) is 9.53. The molecule has 1 fully saturated rings. The van der Waals surface area contributed by atoms with Crippen molar-refractivity contribution in [2.24, 2.45) is 7.05 Å². The Morgan fingerprint density at radius 3 is 2.68 bits per heavy atom. The van der Waals surface area contributed by atoms with Gasteiger partial charge in [-0.25, -0.2) is 19.3 Å². The molecule has 4 aromatic rings. The van der Waals surface area contributed by atoms with E-state index >= 15 is 0 Å². The second-order valence-electron chi connectivity index (χ2n) is 7.17. The lowest BCUT2D eigenvalue weighted by Crippen LogP contribution is -2.26. The minimum atomic E-state index is -0.249. The van der Waals surface area contributed by atoms with Crippen molar-refractivity contribution in [2.75, 3.05) is 31.5 Å². The van der Waals surface area contributed by atoms with Crippen LogP contribution in [-0.2, 0) is 7.05 Å². The van der Waals surface area contributed by atoms with Crippen LogP contribution in [0.2, 0.25) is 0 Å². The van der Waals surface area contributed by atoms with Crippen molar-refractivity contribution in [3.63, 3.8) is 0 Å². The Bertz CT molecular complexity index is 1130. The highest BCUT2D eigenvalue weighted by Crippen LogP contribution is 2.35. The molecule has 1 aliphatic rings. The van der Waals surface area contributed by atoms with Crippen molar-refractivity contribution < 1.29 is 4.39 Å². The number of halogens is 1. The molecule has 144 valence electrons. The highest BCUT2D eigenvalue weighted by Gasteiger charge is 2.18. The zero-order valence-corrected chi connectivity index (χ0v) is 16.5. The topological polar surface area (TPSA) is 58.9 Å². The van der Waals surface area contributed by atoms with Crippen molar-refractivity contribution in [1.82, 2.24) is 24.4 Å². The van der Waals surface area contributed by atoms with Gasteiger partial charge in [-0.2, -0.15) is 0 Å². The lowest BCUT2D eigenvalue weighted by molar-refractivity contribution is 0.352. The molecule has 6 nitrogen and oxygen atoms in total. The molecule has 5 rings (SSSR count). The fourth-order valence-electron chi connectivity index (χ4n) is 3.76. The molecule has 0 bridgehead atoms. The molecule has 1 aliphatic heterocycles. The van der Waals surface area contributed by atoms with Gasteiger partial charge in [0.2, 0.25) is 0 Å². The number of anilines is 1.